The summed E-state index contributed by atoms with van der Waals surface area (Å²) >= 11 is 0.451. The van der Waals surface area contributed by atoms with Crippen LogP contribution in [0.5, 0.6) is 0 Å². The van der Waals surface area contributed by atoms with E-state index in [2.05, 4.69) is 4.74 Å². The van der Waals surface area contributed by atoms with Crippen molar-refractivity contribution in [3.05, 3.63) is 0 Å². The molecule has 0 amide bonds. The van der Waals surface area contributed by atoms with Crippen molar-refractivity contribution in [3.63, 3.8) is 0 Å². The molecule has 11 heavy (non-hydrogen) atoms. The molecule has 2 nitrogen and oxygen atoms in total. The van der Waals surface area contributed by atoms with Crippen LogP contribution in [0, 0.1) is 0 Å². The van der Waals surface area contributed by atoms with Gasteiger partial charge in [-0.1, -0.05) is 11.8 Å². The molecule has 0 saturated heterocycles. The van der Waals surface area contributed by atoms with Crippen molar-refractivity contribution >= 4 is 17.7 Å². The van der Waals surface area contributed by atoms with Crippen LogP contribution in [0.15, 0.2) is 0 Å². The van der Waals surface area contributed by atoms with Gasteiger partial charge in [0.1, 0.15) is 0 Å². The standard InChI is InChI=1S/C6H10F2O2S/c1-2-10-5(9)3-4-11-6(7)8/h6H,2-4H2,1H3. The van der Waals surface area contributed by atoms with E-state index in [0.29, 0.717) is 18.4 Å². The maximum absolute atomic E-state index is 11.5. The third-order valence-electron chi connectivity index (χ3n) is 0.855. The van der Waals surface area contributed by atoms with Gasteiger partial charge in [-0.05, 0) is 6.92 Å². The number of rotatable bonds is 5. The molecule has 0 atom stereocenters. The van der Waals surface area contributed by atoms with E-state index < -0.39 is 11.7 Å². The van der Waals surface area contributed by atoms with Gasteiger partial charge in [0.15, 0.2) is 0 Å². The predicted octanol–water partition coefficient (Wildman–Crippen LogP) is 1.90. The fourth-order valence-corrected chi connectivity index (χ4v) is 0.927. The second-order valence-electron chi connectivity index (χ2n) is 1.69. The van der Waals surface area contributed by atoms with E-state index in [0.717, 1.165) is 0 Å². The minimum atomic E-state index is -2.40. The predicted molar refractivity (Wildman–Crippen MR) is 39.7 cm³/mol. The van der Waals surface area contributed by atoms with Crippen LogP contribution in [0.1, 0.15) is 13.3 Å². The normalized spacial score (nSPS) is 10.2. The fraction of sp³-hybridized carbons (Fsp3) is 0.833. The number of thioether (sulfide) groups is 1. The molecule has 66 valence electrons. The Hall–Kier alpha value is -0.320. The molecule has 0 aromatic rings. The van der Waals surface area contributed by atoms with Crippen LogP contribution in [0.2, 0.25) is 0 Å². The highest BCUT2D eigenvalue weighted by molar-refractivity contribution is 7.99. The Morgan fingerprint density at radius 3 is 2.73 bits per heavy atom. The number of carbonyl (C=O) groups excluding carboxylic acids is 1. The zero-order valence-electron chi connectivity index (χ0n) is 6.18. The second-order valence-corrected chi connectivity index (χ2v) is 2.78. The summed E-state index contributed by atoms with van der Waals surface area (Å²) in [4.78, 5) is 10.5. The highest BCUT2D eigenvalue weighted by atomic mass is 32.2. The molecule has 0 radical (unpaired) electrons. The molecule has 0 heterocycles. The summed E-state index contributed by atoms with van der Waals surface area (Å²) in [5.41, 5.74) is 0. The lowest BCUT2D eigenvalue weighted by Crippen LogP contribution is -2.05. The largest absolute Gasteiger partial charge is 0.466 e. The Morgan fingerprint density at radius 1 is 1.64 bits per heavy atom. The van der Waals surface area contributed by atoms with Crippen molar-refractivity contribution in [2.75, 3.05) is 12.4 Å². The molecule has 0 unspecified atom stereocenters. The third kappa shape index (κ3) is 7.58. The average molecular weight is 184 g/mol. The summed E-state index contributed by atoms with van der Waals surface area (Å²) < 4.78 is 27.5. The van der Waals surface area contributed by atoms with Gasteiger partial charge in [-0.2, -0.15) is 8.78 Å². The van der Waals surface area contributed by atoms with E-state index in [1.165, 1.54) is 0 Å². The Bertz CT molecular complexity index is 119. The topological polar surface area (TPSA) is 26.3 Å². The first kappa shape index (κ1) is 10.7. The molecule has 0 aromatic heterocycles. The van der Waals surface area contributed by atoms with Gasteiger partial charge < -0.3 is 4.74 Å². The lowest BCUT2D eigenvalue weighted by atomic mass is 10.5. The molecule has 0 aliphatic heterocycles. The van der Waals surface area contributed by atoms with Gasteiger partial charge in [0, 0.05) is 5.75 Å². The van der Waals surface area contributed by atoms with Gasteiger partial charge >= 0.3 is 5.97 Å². The molecule has 0 aromatic carbocycles. The molecule has 0 N–H and O–H groups in total. The number of halogens is 2. The van der Waals surface area contributed by atoms with Crippen LogP contribution in [-0.2, 0) is 9.53 Å². The van der Waals surface area contributed by atoms with Crippen molar-refractivity contribution in [1.29, 1.82) is 0 Å². The number of ether oxygens (including phenoxy) is 1. The molecule has 0 rings (SSSR count). The molecular weight excluding hydrogens is 174 g/mol. The van der Waals surface area contributed by atoms with Gasteiger partial charge in [0.05, 0.1) is 13.0 Å². The van der Waals surface area contributed by atoms with Crippen molar-refractivity contribution in [1.82, 2.24) is 0 Å². The summed E-state index contributed by atoms with van der Waals surface area (Å²) in [5.74, 6) is -2.69. The van der Waals surface area contributed by atoms with Crippen LogP contribution in [0.4, 0.5) is 8.78 Å². The van der Waals surface area contributed by atoms with Gasteiger partial charge in [-0.15, -0.1) is 0 Å². The number of esters is 1. The first-order valence-corrected chi connectivity index (χ1v) is 4.27. The first-order valence-electron chi connectivity index (χ1n) is 3.22. The quantitative estimate of drug-likeness (QED) is 0.610. The second kappa shape index (κ2) is 6.39. The minimum absolute atomic E-state index is 0.0584. The van der Waals surface area contributed by atoms with E-state index >= 15 is 0 Å². The van der Waals surface area contributed by atoms with E-state index in [9.17, 15) is 13.6 Å². The van der Waals surface area contributed by atoms with E-state index in [4.69, 9.17) is 0 Å². The number of hydrogen-bond acceptors (Lipinski definition) is 3. The SMILES string of the molecule is CCOC(=O)CCSC(F)F. The van der Waals surface area contributed by atoms with Crippen LogP contribution in [0.25, 0.3) is 0 Å². The van der Waals surface area contributed by atoms with E-state index in [1.54, 1.807) is 6.92 Å². The average Bonchev–Trinajstić information content (AvgIpc) is 1.87. The van der Waals surface area contributed by atoms with Crippen molar-refractivity contribution in [2.45, 2.75) is 19.1 Å². The number of carbonyl (C=O) groups is 1. The van der Waals surface area contributed by atoms with Gasteiger partial charge in [-0.3, -0.25) is 4.79 Å². The minimum Gasteiger partial charge on any atom is -0.466 e. The lowest BCUT2D eigenvalue weighted by Gasteiger charge is -2.00. The smallest absolute Gasteiger partial charge is 0.306 e. The maximum Gasteiger partial charge on any atom is 0.306 e. The van der Waals surface area contributed by atoms with Crippen molar-refractivity contribution in [3.8, 4) is 0 Å². The van der Waals surface area contributed by atoms with Gasteiger partial charge in [-0.25, -0.2) is 0 Å². The van der Waals surface area contributed by atoms with Crippen LogP contribution < -0.4 is 0 Å². The summed E-state index contributed by atoms with van der Waals surface area (Å²) in [7, 11) is 0. The Kier molecular flexibility index (Phi) is 6.21. The fourth-order valence-electron chi connectivity index (χ4n) is 0.465. The maximum atomic E-state index is 11.5. The summed E-state index contributed by atoms with van der Waals surface area (Å²) in [6, 6.07) is 0. The summed E-state index contributed by atoms with van der Waals surface area (Å²) in [6.07, 6.45) is 0.0584. The van der Waals surface area contributed by atoms with Gasteiger partial charge in [0.2, 0.25) is 0 Å². The molecule has 0 bridgehead atoms. The molecule has 0 spiro atoms. The molecule has 0 saturated carbocycles. The zero-order valence-corrected chi connectivity index (χ0v) is 7.00. The zero-order chi connectivity index (χ0) is 8.69. The van der Waals surface area contributed by atoms with Crippen LogP contribution in [-0.4, -0.2) is 24.1 Å². The van der Waals surface area contributed by atoms with E-state index in [-0.39, 0.29) is 12.2 Å². The lowest BCUT2D eigenvalue weighted by molar-refractivity contribution is -0.142. The number of hydrogen-bond donors (Lipinski definition) is 0. The summed E-state index contributed by atoms with van der Waals surface area (Å²) in [6.45, 7) is 1.98. The number of alkyl halides is 2. The highest BCUT2D eigenvalue weighted by Crippen LogP contribution is 2.14. The Balaban J connectivity index is 3.17. The Morgan fingerprint density at radius 2 is 2.27 bits per heavy atom. The van der Waals surface area contributed by atoms with Crippen LogP contribution >= 0.6 is 11.8 Å². The molecule has 0 fully saturated rings. The molecule has 5 heteroatoms. The molecule has 0 aliphatic carbocycles. The first-order chi connectivity index (χ1) is 5.16. The third-order valence-corrected chi connectivity index (χ3v) is 1.55. The summed E-state index contributed by atoms with van der Waals surface area (Å²) in [5, 5.41) is 0. The van der Waals surface area contributed by atoms with Gasteiger partial charge in [0.25, 0.3) is 5.76 Å². The van der Waals surface area contributed by atoms with Crippen molar-refractivity contribution < 1.29 is 18.3 Å². The van der Waals surface area contributed by atoms with Crippen LogP contribution in [0.3, 0.4) is 0 Å². The van der Waals surface area contributed by atoms with Crippen molar-refractivity contribution in [2.24, 2.45) is 0 Å². The monoisotopic (exact) mass is 184 g/mol. The molecule has 0 aliphatic rings. The Labute approximate surface area is 68.3 Å². The van der Waals surface area contributed by atoms with E-state index in [1.807, 2.05) is 0 Å². The highest BCUT2D eigenvalue weighted by Gasteiger charge is 2.05. The molecular formula is C6H10F2O2S.